The maximum Gasteiger partial charge on any atom is 0.309 e. The number of hydrogen-bond donors (Lipinski definition) is 1. The monoisotopic (exact) mass is 387 g/mol. The summed E-state index contributed by atoms with van der Waals surface area (Å²) in [7, 11) is 1.69. The maximum absolute atomic E-state index is 12.7. The number of carboxylic acids is 1. The second-order valence-corrected chi connectivity index (χ2v) is 6.71. The molecule has 1 heterocycles. The number of carbonyl (C=O) groups excluding carboxylic acids is 1. The summed E-state index contributed by atoms with van der Waals surface area (Å²) >= 11 is 12.1. The molecule has 26 heavy (non-hydrogen) atoms. The fourth-order valence-corrected chi connectivity index (χ4v) is 3.30. The number of carbonyl (C=O) groups is 2. The number of carboxylic acid groups (broad SMARTS) is 1. The average molecular weight is 388 g/mol. The molecule has 6 heteroatoms. The van der Waals surface area contributed by atoms with E-state index < -0.39 is 5.97 Å². The minimum Gasteiger partial charge on any atom is -0.481 e. The molecule has 1 aromatic heterocycles. The van der Waals surface area contributed by atoms with Gasteiger partial charge in [-0.25, -0.2) is 0 Å². The van der Waals surface area contributed by atoms with Crippen LogP contribution in [0.25, 0.3) is 11.1 Å². The highest BCUT2D eigenvalue weighted by molar-refractivity contribution is 6.36. The zero-order chi connectivity index (χ0) is 18.8. The number of benzene rings is 2. The first kappa shape index (κ1) is 18.2. The van der Waals surface area contributed by atoms with Crippen LogP contribution >= 0.6 is 23.2 Å². The van der Waals surface area contributed by atoms with Gasteiger partial charge >= 0.3 is 5.97 Å². The minimum atomic E-state index is -0.936. The SMILES string of the molecule is Cn1c(CC(=O)O)ccc1C(=O)c1ccc(-c2ccc(Cl)cc2Cl)cc1. The van der Waals surface area contributed by atoms with Crippen LogP contribution in [0.1, 0.15) is 21.7 Å². The summed E-state index contributed by atoms with van der Waals surface area (Å²) in [5.41, 5.74) is 3.24. The molecule has 4 nitrogen and oxygen atoms in total. The van der Waals surface area contributed by atoms with E-state index >= 15 is 0 Å². The van der Waals surface area contributed by atoms with Crippen molar-refractivity contribution < 1.29 is 14.7 Å². The van der Waals surface area contributed by atoms with Gasteiger partial charge in [-0.1, -0.05) is 53.5 Å². The Bertz CT molecular complexity index is 991. The molecule has 0 saturated heterocycles. The van der Waals surface area contributed by atoms with Crippen molar-refractivity contribution in [2.75, 3.05) is 0 Å². The third-order valence-electron chi connectivity index (χ3n) is 4.18. The highest BCUT2D eigenvalue weighted by atomic mass is 35.5. The van der Waals surface area contributed by atoms with Crippen LogP contribution in [-0.2, 0) is 18.3 Å². The Morgan fingerprint density at radius 2 is 1.69 bits per heavy atom. The summed E-state index contributed by atoms with van der Waals surface area (Å²) in [6.07, 6.45) is -0.127. The lowest BCUT2D eigenvalue weighted by atomic mass is 10.0. The van der Waals surface area contributed by atoms with Crippen molar-refractivity contribution in [1.82, 2.24) is 4.57 Å². The van der Waals surface area contributed by atoms with Crippen LogP contribution < -0.4 is 0 Å². The van der Waals surface area contributed by atoms with Gasteiger partial charge in [0.25, 0.3) is 0 Å². The lowest BCUT2D eigenvalue weighted by molar-refractivity contribution is -0.136. The maximum atomic E-state index is 12.7. The molecule has 0 atom stereocenters. The summed E-state index contributed by atoms with van der Waals surface area (Å²) in [5.74, 6) is -1.10. The molecule has 0 bridgehead atoms. The molecule has 0 radical (unpaired) electrons. The molecule has 0 aliphatic carbocycles. The number of halogens is 2. The molecule has 3 aromatic rings. The van der Waals surface area contributed by atoms with Crippen molar-refractivity contribution in [3.8, 4) is 11.1 Å². The van der Waals surface area contributed by atoms with Crippen LogP contribution in [0.15, 0.2) is 54.6 Å². The standard InChI is InChI=1S/C20H15Cl2NO3/c1-23-15(11-19(24)25)7-9-18(23)20(26)13-4-2-12(3-5-13)16-8-6-14(21)10-17(16)22/h2-10H,11H2,1H3,(H,24,25). The third-order valence-corrected chi connectivity index (χ3v) is 4.73. The van der Waals surface area contributed by atoms with E-state index in [9.17, 15) is 9.59 Å². The fourth-order valence-electron chi connectivity index (χ4n) is 2.79. The molecule has 132 valence electrons. The van der Waals surface area contributed by atoms with E-state index in [1.54, 1.807) is 48.0 Å². The van der Waals surface area contributed by atoms with E-state index in [1.165, 1.54) is 0 Å². The van der Waals surface area contributed by atoms with Crippen LogP contribution in [0.5, 0.6) is 0 Å². The molecule has 0 aliphatic rings. The van der Waals surface area contributed by atoms with Crippen LogP contribution in [0, 0.1) is 0 Å². The topological polar surface area (TPSA) is 59.3 Å². The van der Waals surface area contributed by atoms with E-state index in [1.807, 2.05) is 18.2 Å². The van der Waals surface area contributed by atoms with Crippen LogP contribution in [-0.4, -0.2) is 21.4 Å². The molecular weight excluding hydrogens is 373 g/mol. The Morgan fingerprint density at radius 3 is 2.31 bits per heavy atom. The van der Waals surface area contributed by atoms with Gasteiger partial charge < -0.3 is 9.67 Å². The van der Waals surface area contributed by atoms with Gasteiger partial charge in [-0.15, -0.1) is 0 Å². The van der Waals surface area contributed by atoms with E-state index in [0.717, 1.165) is 11.1 Å². The van der Waals surface area contributed by atoms with E-state index in [0.29, 0.717) is 27.0 Å². The largest absolute Gasteiger partial charge is 0.481 e. The fraction of sp³-hybridized carbons (Fsp3) is 0.100. The number of nitrogens with zero attached hydrogens (tertiary/aromatic N) is 1. The molecule has 0 spiro atoms. The van der Waals surface area contributed by atoms with E-state index in [-0.39, 0.29) is 12.2 Å². The van der Waals surface area contributed by atoms with Gasteiger partial charge in [0.2, 0.25) is 5.78 Å². The summed E-state index contributed by atoms with van der Waals surface area (Å²) in [5, 5.41) is 10.0. The first-order valence-corrected chi connectivity index (χ1v) is 8.59. The average Bonchev–Trinajstić information content (AvgIpc) is 2.94. The second kappa shape index (κ2) is 7.36. The zero-order valence-electron chi connectivity index (χ0n) is 13.9. The lowest BCUT2D eigenvalue weighted by Crippen LogP contribution is -2.11. The number of aliphatic carboxylic acids is 1. The first-order chi connectivity index (χ1) is 12.4. The van der Waals surface area contributed by atoms with Gasteiger partial charge in [0.05, 0.1) is 12.1 Å². The summed E-state index contributed by atoms with van der Waals surface area (Å²) in [6.45, 7) is 0. The first-order valence-electron chi connectivity index (χ1n) is 7.83. The van der Waals surface area contributed by atoms with Gasteiger partial charge in [0.15, 0.2) is 0 Å². The summed E-state index contributed by atoms with van der Waals surface area (Å²) in [4.78, 5) is 23.6. The van der Waals surface area contributed by atoms with Crippen molar-refractivity contribution >= 4 is 35.0 Å². The zero-order valence-corrected chi connectivity index (χ0v) is 15.4. The van der Waals surface area contributed by atoms with Crippen LogP contribution in [0.4, 0.5) is 0 Å². The van der Waals surface area contributed by atoms with Gasteiger partial charge in [0, 0.05) is 33.9 Å². The third kappa shape index (κ3) is 3.66. The van der Waals surface area contributed by atoms with Gasteiger partial charge in [0.1, 0.15) is 0 Å². The molecule has 1 N–H and O–H groups in total. The van der Waals surface area contributed by atoms with Crippen molar-refractivity contribution in [1.29, 1.82) is 0 Å². The van der Waals surface area contributed by atoms with Crippen molar-refractivity contribution in [2.45, 2.75) is 6.42 Å². The lowest BCUT2D eigenvalue weighted by Gasteiger charge is -2.08. The van der Waals surface area contributed by atoms with Gasteiger partial charge in [-0.3, -0.25) is 9.59 Å². The van der Waals surface area contributed by atoms with Gasteiger partial charge in [-0.2, -0.15) is 0 Å². The van der Waals surface area contributed by atoms with Crippen LogP contribution in [0.3, 0.4) is 0 Å². The Kier molecular flexibility index (Phi) is 5.16. The molecule has 3 rings (SSSR count). The number of ketones is 1. The Labute approximate surface area is 160 Å². The molecule has 0 unspecified atom stereocenters. The molecule has 2 aromatic carbocycles. The van der Waals surface area contributed by atoms with Crippen molar-refractivity contribution in [2.24, 2.45) is 7.05 Å². The van der Waals surface area contributed by atoms with E-state index in [4.69, 9.17) is 28.3 Å². The van der Waals surface area contributed by atoms with Crippen molar-refractivity contribution in [3.63, 3.8) is 0 Å². The number of aromatic nitrogens is 1. The molecule has 0 saturated carbocycles. The Balaban J connectivity index is 1.88. The van der Waals surface area contributed by atoms with Crippen LogP contribution in [0.2, 0.25) is 10.0 Å². The quantitative estimate of drug-likeness (QED) is 0.636. The minimum absolute atomic E-state index is 0.127. The molecule has 0 aliphatic heterocycles. The number of rotatable bonds is 5. The predicted molar refractivity (Wildman–Crippen MR) is 102 cm³/mol. The Hall–Kier alpha value is -2.56. The smallest absolute Gasteiger partial charge is 0.309 e. The highest BCUT2D eigenvalue weighted by Gasteiger charge is 2.16. The highest BCUT2D eigenvalue weighted by Crippen LogP contribution is 2.30. The molecule has 0 fully saturated rings. The Morgan fingerprint density at radius 1 is 1.00 bits per heavy atom. The van der Waals surface area contributed by atoms with Crippen molar-refractivity contribution in [3.05, 3.63) is 81.6 Å². The van der Waals surface area contributed by atoms with Gasteiger partial charge in [-0.05, 0) is 29.8 Å². The van der Waals surface area contributed by atoms with E-state index in [2.05, 4.69) is 0 Å². The molecular formula is C20H15Cl2NO3. The molecule has 0 amide bonds. The normalized spacial score (nSPS) is 10.7. The predicted octanol–water partition coefficient (Wildman–Crippen LogP) is 4.86. The summed E-state index contributed by atoms with van der Waals surface area (Å²) in [6, 6.07) is 15.7. The summed E-state index contributed by atoms with van der Waals surface area (Å²) < 4.78 is 1.61. The second-order valence-electron chi connectivity index (χ2n) is 5.87. The number of hydrogen-bond acceptors (Lipinski definition) is 2.